The first-order chi connectivity index (χ1) is 18.2. The number of rotatable bonds is 8. The van der Waals surface area contributed by atoms with Crippen LogP contribution in [0, 0.1) is 17.1 Å². The molecular weight excluding hydrogens is 559 g/mol. The molecule has 4 rings (SSSR count). The van der Waals surface area contributed by atoms with Gasteiger partial charge < -0.3 is 25.7 Å². The van der Waals surface area contributed by atoms with Crippen LogP contribution in [0.2, 0.25) is 0 Å². The quantitative estimate of drug-likeness (QED) is 0.201. The molecule has 200 valence electrons. The second kappa shape index (κ2) is 12.3. The average molecular weight is 587 g/mol. The number of halogens is 2. The highest BCUT2D eigenvalue weighted by Crippen LogP contribution is 2.24. The fraction of sp³-hybridized carbons (Fsp3) is 0.308. The van der Waals surface area contributed by atoms with Gasteiger partial charge in [-0.25, -0.2) is 9.18 Å². The predicted molar refractivity (Wildman–Crippen MR) is 145 cm³/mol. The maximum Gasteiger partial charge on any atom is 0.321 e. The SMILES string of the molecule is N=C(Nc1ccc(F)c(Br)c1)C(=O)C1CCN(C(=O)Nc2ccc(-c3cnn(C[C@H](O)CO)c3)cc2)CC1. The number of carbonyl (C=O) groups excluding carboxylic acids is 2. The third-order valence-corrected chi connectivity index (χ3v) is 6.91. The van der Waals surface area contributed by atoms with E-state index in [2.05, 4.69) is 31.7 Å². The van der Waals surface area contributed by atoms with Gasteiger partial charge in [0, 0.05) is 42.1 Å². The molecule has 3 aromatic rings. The zero-order valence-electron chi connectivity index (χ0n) is 20.4. The zero-order valence-corrected chi connectivity index (χ0v) is 22.0. The topological polar surface area (TPSA) is 144 Å². The Balaban J connectivity index is 1.25. The molecule has 0 aliphatic carbocycles. The van der Waals surface area contributed by atoms with Crippen LogP contribution < -0.4 is 10.6 Å². The Kier molecular flexibility index (Phi) is 8.87. The van der Waals surface area contributed by atoms with E-state index in [1.807, 2.05) is 12.1 Å². The van der Waals surface area contributed by atoms with E-state index in [9.17, 15) is 19.1 Å². The second-order valence-electron chi connectivity index (χ2n) is 9.05. The summed E-state index contributed by atoms with van der Waals surface area (Å²) in [5.74, 6) is -1.41. The van der Waals surface area contributed by atoms with Crippen LogP contribution in [0.1, 0.15) is 12.8 Å². The van der Waals surface area contributed by atoms with Crippen LogP contribution in [0.15, 0.2) is 59.3 Å². The van der Waals surface area contributed by atoms with Gasteiger partial charge >= 0.3 is 6.03 Å². The maximum atomic E-state index is 13.4. The number of ketones is 1. The van der Waals surface area contributed by atoms with E-state index in [4.69, 9.17) is 10.5 Å². The lowest BCUT2D eigenvalue weighted by molar-refractivity contribution is -0.117. The molecule has 0 unspecified atom stereocenters. The summed E-state index contributed by atoms with van der Waals surface area (Å²) in [6.45, 7) is 0.619. The fourth-order valence-corrected chi connectivity index (χ4v) is 4.54. The first-order valence-corrected chi connectivity index (χ1v) is 12.9. The third kappa shape index (κ3) is 6.82. The highest BCUT2D eigenvalue weighted by Gasteiger charge is 2.29. The van der Waals surface area contributed by atoms with Crippen LogP contribution in [0.3, 0.4) is 0 Å². The van der Waals surface area contributed by atoms with E-state index >= 15 is 0 Å². The van der Waals surface area contributed by atoms with Gasteiger partial charge in [-0.3, -0.25) is 14.9 Å². The number of aliphatic hydroxyl groups is 2. The number of hydrogen-bond donors (Lipinski definition) is 5. The summed E-state index contributed by atoms with van der Waals surface area (Å²) in [4.78, 5) is 27.1. The number of nitrogens with one attached hydrogen (secondary N) is 3. The molecule has 2 aromatic carbocycles. The van der Waals surface area contributed by atoms with Gasteiger partial charge in [-0.05, 0) is 64.7 Å². The number of piperidine rings is 1. The van der Waals surface area contributed by atoms with Crippen molar-refractivity contribution < 1.29 is 24.2 Å². The fourth-order valence-electron chi connectivity index (χ4n) is 4.16. The molecule has 2 heterocycles. The Morgan fingerprint density at radius 1 is 1.11 bits per heavy atom. The summed E-state index contributed by atoms with van der Waals surface area (Å²) in [7, 11) is 0. The van der Waals surface area contributed by atoms with E-state index in [0.29, 0.717) is 37.3 Å². The van der Waals surface area contributed by atoms with Gasteiger partial charge in [-0.15, -0.1) is 0 Å². The number of aromatic nitrogens is 2. The second-order valence-corrected chi connectivity index (χ2v) is 9.90. The largest absolute Gasteiger partial charge is 0.394 e. The minimum absolute atomic E-state index is 0.191. The molecule has 0 radical (unpaired) electrons. The smallest absolute Gasteiger partial charge is 0.321 e. The zero-order chi connectivity index (χ0) is 27.2. The lowest BCUT2D eigenvalue weighted by Gasteiger charge is -2.31. The van der Waals surface area contributed by atoms with Crippen molar-refractivity contribution >= 4 is 45.0 Å². The van der Waals surface area contributed by atoms with Crippen molar-refractivity contribution in [3.05, 3.63) is 65.1 Å². The summed E-state index contributed by atoms with van der Waals surface area (Å²) in [5, 5.41) is 36.4. The van der Waals surface area contributed by atoms with E-state index in [1.165, 1.54) is 18.2 Å². The van der Waals surface area contributed by atoms with Gasteiger partial charge in [-0.1, -0.05) is 12.1 Å². The number of carbonyl (C=O) groups is 2. The van der Waals surface area contributed by atoms with Crippen molar-refractivity contribution in [1.29, 1.82) is 5.41 Å². The van der Waals surface area contributed by atoms with Crippen LogP contribution in [-0.4, -0.2) is 68.3 Å². The monoisotopic (exact) mass is 586 g/mol. The van der Waals surface area contributed by atoms with Crippen molar-refractivity contribution in [3.8, 4) is 11.1 Å². The minimum atomic E-state index is -0.878. The summed E-state index contributed by atoms with van der Waals surface area (Å²) in [5.41, 5.74) is 2.79. The number of nitrogens with zero attached hydrogens (tertiary/aromatic N) is 3. The summed E-state index contributed by atoms with van der Waals surface area (Å²) >= 11 is 3.09. The van der Waals surface area contributed by atoms with Crippen molar-refractivity contribution in [2.75, 3.05) is 30.3 Å². The lowest BCUT2D eigenvalue weighted by Crippen LogP contribution is -2.44. The van der Waals surface area contributed by atoms with Gasteiger partial charge in [0.15, 0.2) is 5.84 Å². The number of anilines is 2. The highest BCUT2D eigenvalue weighted by atomic mass is 79.9. The van der Waals surface area contributed by atoms with Crippen LogP contribution in [0.25, 0.3) is 11.1 Å². The molecule has 12 heteroatoms. The van der Waals surface area contributed by atoms with Gasteiger partial charge in [0.25, 0.3) is 0 Å². The Hall–Kier alpha value is -3.61. The summed E-state index contributed by atoms with van der Waals surface area (Å²) < 4.78 is 15.2. The number of benzene rings is 2. The predicted octanol–water partition coefficient (Wildman–Crippen LogP) is 3.71. The van der Waals surface area contributed by atoms with E-state index in [1.54, 1.807) is 34.1 Å². The number of likely N-dealkylation sites (tertiary alicyclic amines) is 1. The lowest BCUT2D eigenvalue weighted by atomic mass is 9.92. The normalized spacial score (nSPS) is 14.7. The van der Waals surface area contributed by atoms with Gasteiger partial charge in [0.2, 0.25) is 5.78 Å². The van der Waals surface area contributed by atoms with Gasteiger partial charge in [-0.2, -0.15) is 5.10 Å². The molecule has 0 spiro atoms. The molecule has 0 saturated carbocycles. The molecule has 1 aromatic heterocycles. The Morgan fingerprint density at radius 2 is 1.79 bits per heavy atom. The number of aliphatic hydroxyl groups excluding tert-OH is 2. The molecule has 1 aliphatic heterocycles. The highest BCUT2D eigenvalue weighted by molar-refractivity contribution is 9.10. The first kappa shape index (κ1) is 27.4. The van der Waals surface area contributed by atoms with E-state index < -0.39 is 11.9 Å². The number of urea groups is 1. The molecule has 1 fully saturated rings. The van der Waals surface area contributed by atoms with Crippen LogP contribution >= 0.6 is 15.9 Å². The number of Topliss-reactive ketones (excluding diaryl/α,β-unsaturated/α-hetero) is 1. The minimum Gasteiger partial charge on any atom is -0.394 e. The summed E-state index contributed by atoms with van der Waals surface area (Å²) in [6, 6.07) is 11.2. The molecular formula is C26H28BrFN6O4. The molecule has 1 saturated heterocycles. The Morgan fingerprint density at radius 3 is 2.45 bits per heavy atom. The molecule has 1 aliphatic rings. The van der Waals surface area contributed by atoms with Crippen molar-refractivity contribution in [2.45, 2.75) is 25.5 Å². The number of hydrogen-bond acceptors (Lipinski definition) is 6. The van der Waals surface area contributed by atoms with E-state index in [0.717, 1.165) is 11.1 Å². The van der Waals surface area contributed by atoms with Crippen LogP contribution in [0.5, 0.6) is 0 Å². The molecule has 5 N–H and O–H groups in total. The Bertz CT molecular complexity index is 1310. The van der Waals surface area contributed by atoms with Crippen LogP contribution in [0.4, 0.5) is 20.6 Å². The number of amidine groups is 1. The van der Waals surface area contributed by atoms with Crippen molar-refractivity contribution in [3.63, 3.8) is 0 Å². The van der Waals surface area contributed by atoms with Gasteiger partial charge in [0.05, 0.1) is 29.9 Å². The molecule has 1 atom stereocenters. The van der Waals surface area contributed by atoms with Crippen molar-refractivity contribution in [2.24, 2.45) is 5.92 Å². The standard InChI is InChI=1S/C26H28BrFN6O4/c27-22-11-20(5-6-23(22)28)31-25(29)24(37)17-7-9-33(10-8-17)26(38)32-19-3-1-16(2-4-19)18-12-30-34(13-18)14-21(36)15-35/h1-6,11-13,17,21,35-36H,7-10,14-15H2,(H2,29,31)(H,32,38)/t21-/m0/s1. The van der Waals surface area contributed by atoms with Gasteiger partial charge in [0.1, 0.15) is 5.82 Å². The molecule has 0 bridgehead atoms. The number of amides is 2. The molecule has 38 heavy (non-hydrogen) atoms. The average Bonchev–Trinajstić information content (AvgIpc) is 3.39. The molecule has 10 nitrogen and oxygen atoms in total. The van der Waals surface area contributed by atoms with Crippen molar-refractivity contribution in [1.82, 2.24) is 14.7 Å². The summed E-state index contributed by atoms with van der Waals surface area (Å²) in [6.07, 6.45) is 3.44. The van der Waals surface area contributed by atoms with E-state index in [-0.39, 0.29) is 41.2 Å². The Labute approximate surface area is 227 Å². The molecule has 2 amide bonds. The third-order valence-electron chi connectivity index (χ3n) is 6.30. The first-order valence-electron chi connectivity index (χ1n) is 12.1. The maximum absolute atomic E-state index is 13.4. The van der Waals surface area contributed by atoms with Crippen LogP contribution in [-0.2, 0) is 11.3 Å².